The van der Waals surface area contributed by atoms with Crippen LogP contribution < -0.4 is 5.32 Å². The van der Waals surface area contributed by atoms with E-state index in [0.29, 0.717) is 5.56 Å². The van der Waals surface area contributed by atoms with Crippen molar-refractivity contribution in [1.29, 1.82) is 0 Å². The number of halogens is 2. The van der Waals surface area contributed by atoms with Crippen LogP contribution in [0.25, 0.3) is 0 Å². The lowest BCUT2D eigenvalue weighted by Crippen LogP contribution is -2.08. The first kappa shape index (κ1) is 11.6. The fraction of sp³-hybridized carbons (Fsp3) is 0.143. The molecule has 0 aliphatic carbocycles. The molecule has 0 spiro atoms. The van der Waals surface area contributed by atoms with E-state index in [0.717, 1.165) is 5.69 Å². The lowest BCUT2D eigenvalue weighted by atomic mass is 10.1. The minimum absolute atomic E-state index is 0.165. The molecule has 0 amide bonds. The van der Waals surface area contributed by atoms with Gasteiger partial charge in [-0.1, -0.05) is 18.2 Å². The van der Waals surface area contributed by atoms with Crippen LogP contribution in [0, 0.1) is 11.6 Å². The standard InChI is InChI=1S/C14H13F2N/c1-10(13-4-2-3-5-14(13)16)17-12-8-6-11(15)7-9-12/h2-10,17H,1H3. The molecular weight excluding hydrogens is 220 g/mol. The molecule has 2 aromatic rings. The zero-order valence-electron chi connectivity index (χ0n) is 9.45. The lowest BCUT2D eigenvalue weighted by Gasteiger charge is -2.16. The molecule has 1 N–H and O–H groups in total. The summed E-state index contributed by atoms with van der Waals surface area (Å²) >= 11 is 0. The maximum atomic E-state index is 13.5. The normalized spacial score (nSPS) is 12.2. The predicted octanol–water partition coefficient (Wildman–Crippen LogP) is 4.14. The SMILES string of the molecule is CC(Nc1ccc(F)cc1)c1ccccc1F. The van der Waals surface area contributed by atoms with Gasteiger partial charge < -0.3 is 5.32 Å². The third-order valence-corrected chi connectivity index (χ3v) is 2.60. The average Bonchev–Trinajstić information content (AvgIpc) is 2.32. The molecule has 2 aromatic carbocycles. The summed E-state index contributed by atoms with van der Waals surface area (Å²) in [7, 11) is 0. The van der Waals surface area contributed by atoms with Crippen molar-refractivity contribution in [3.63, 3.8) is 0 Å². The molecule has 0 aliphatic rings. The number of hydrogen-bond donors (Lipinski definition) is 1. The van der Waals surface area contributed by atoms with Gasteiger partial charge in [0.05, 0.1) is 6.04 Å². The zero-order valence-corrected chi connectivity index (χ0v) is 9.45. The van der Waals surface area contributed by atoms with Crippen LogP contribution in [-0.2, 0) is 0 Å². The van der Waals surface area contributed by atoms with E-state index in [9.17, 15) is 8.78 Å². The van der Waals surface area contributed by atoms with Gasteiger partial charge in [0.1, 0.15) is 11.6 Å². The first-order valence-electron chi connectivity index (χ1n) is 5.43. The van der Waals surface area contributed by atoms with Crippen LogP contribution >= 0.6 is 0 Å². The average molecular weight is 233 g/mol. The second-order valence-electron chi connectivity index (χ2n) is 3.89. The van der Waals surface area contributed by atoms with Gasteiger partial charge >= 0.3 is 0 Å². The largest absolute Gasteiger partial charge is 0.378 e. The second-order valence-corrected chi connectivity index (χ2v) is 3.89. The summed E-state index contributed by atoms with van der Waals surface area (Å²) in [6.07, 6.45) is 0. The minimum Gasteiger partial charge on any atom is -0.378 e. The first-order valence-corrected chi connectivity index (χ1v) is 5.43. The topological polar surface area (TPSA) is 12.0 Å². The molecule has 0 saturated heterocycles. The van der Waals surface area contributed by atoms with Crippen LogP contribution in [0.1, 0.15) is 18.5 Å². The third-order valence-electron chi connectivity index (χ3n) is 2.60. The molecule has 2 rings (SSSR count). The molecule has 0 fully saturated rings. The molecule has 3 heteroatoms. The van der Waals surface area contributed by atoms with E-state index in [4.69, 9.17) is 0 Å². The lowest BCUT2D eigenvalue weighted by molar-refractivity contribution is 0.600. The van der Waals surface area contributed by atoms with Crippen molar-refractivity contribution in [2.24, 2.45) is 0 Å². The summed E-state index contributed by atoms with van der Waals surface area (Å²) < 4.78 is 26.2. The van der Waals surface area contributed by atoms with Crippen molar-refractivity contribution < 1.29 is 8.78 Å². The highest BCUT2D eigenvalue weighted by Gasteiger charge is 2.09. The summed E-state index contributed by atoms with van der Waals surface area (Å²) in [6.45, 7) is 1.86. The fourth-order valence-electron chi connectivity index (χ4n) is 1.70. The van der Waals surface area contributed by atoms with Crippen molar-refractivity contribution in [1.82, 2.24) is 0 Å². The number of hydrogen-bond acceptors (Lipinski definition) is 1. The van der Waals surface area contributed by atoms with E-state index in [-0.39, 0.29) is 17.7 Å². The summed E-state index contributed by atoms with van der Waals surface area (Å²) in [5.74, 6) is -0.524. The summed E-state index contributed by atoms with van der Waals surface area (Å²) in [5.41, 5.74) is 1.36. The van der Waals surface area contributed by atoms with Crippen molar-refractivity contribution in [2.75, 3.05) is 5.32 Å². The Labute approximate surface area is 99.1 Å². The first-order chi connectivity index (χ1) is 8.16. The Bertz CT molecular complexity index is 494. The Morgan fingerprint density at radius 1 is 0.941 bits per heavy atom. The third kappa shape index (κ3) is 2.81. The number of rotatable bonds is 3. The molecule has 88 valence electrons. The molecule has 0 saturated carbocycles. The quantitative estimate of drug-likeness (QED) is 0.840. The molecule has 0 radical (unpaired) electrons. The predicted molar refractivity (Wildman–Crippen MR) is 64.8 cm³/mol. The van der Waals surface area contributed by atoms with E-state index in [2.05, 4.69) is 5.32 Å². The summed E-state index contributed by atoms with van der Waals surface area (Å²) in [6, 6.07) is 12.5. The van der Waals surface area contributed by atoms with E-state index >= 15 is 0 Å². The zero-order chi connectivity index (χ0) is 12.3. The van der Waals surface area contributed by atoms with Crippen LogP contribution in [-0.4, -0.2) is 0 Å². The number of benzene rings is 2. The molecule has 0 aromatic heterocycles. The second kappa shape index (κ2) is 4.95. The van der Waals surface area contributed by atoms with Gasteiger partial charge in [0.15, 0.2) is 0 Å². The highest BCUT2D eigenvalue weighted by atomic mass is 19.1. The fourth-order valence-corrected chi connectivity index (χ4v) is 1.70. The molecule has 0 aliphatic heterocycles. The van der Waals surface area contributed by atoms with Gasteiger partial charge in [-0.25, -0.2) is 8.78 Å². The molecule has 1 atom stereocenters. The van der Waals surface area contributed by atoms with Crippen LogP contribution in [0.2, 0.25) is 0 Å². The highest BCUT2D eigenvalue weighted by molar-refractivity contribution is 5.45. The van der Waals surface area contributed by atoms with Gasteiger partial charge in [-0.3, -0.25) is 0 Å². The van der Waals surface area contributed by atoms with Crippen molar-refractivity contribution in [2.45, 2.75) is 13.0 Å². The van der Waals surface area contributed by atoms with Gasteiger partial charge in [-0.2, -0.15) is 0 Å². The van der Waals surface area contributed by atoms with Gasteiger partial charge in [0.2, 0.25) is 0 Å². The molecule has 17 heavy (non-hydrogen) atoms. The smallest absolute Gasteiger partial charge is 0.128 e. The molecule has 1 nitrogen and oxygen atoms in total. The maximum absolute atomic E-state index is 13.5. The maximum Gasteiger partial charge on any atom is 0.128 e. The molecular formula is C14H13F2N. The van der Waals surface area contributed by atoms with Gasteiger partial charge in [0, 0.05) is 11.3 Å². The van der Waals surface area contributed by atoms with Crippen LogP contribution in [0.15, 0.2) is 48.5 Å². The Balaban J connectivity index is 2.14. The van der Waals surface area contributed by atoms with Crippen molar-refractivity contribution in [3.05, 3.63) is 65.7 Å². The Morgan fingerprint density at radius 3 is 2.24 bits per heavy atom. The van der Waals surface area contributed by atoms with Crippen molar-refractivity contribution in [3.8, 4) is 0 Å². The van der Waals surface area contributed by atoms with Crippen LogP contribution in [0.4, 0.5) is 14.5 Å². The van der Waals surface area contributed by atoms with Gasteiger partial charge in [-0.15, -0.1) is 0 Å². The van der Waals surface area contributed by atoms with Crippen LogP contribution in [0.3, 0.4) is 0 Å². The van der Waals surface area contributed by atoms with Crippen LogP contribution in [0.5, 0.6) is 0 Å². The summed E-state index contributed by atoms with van der Waals surface area (Å²) in [5, 5.41) is 3.12. The van der Waals surface area contributed by atoms with E-state index in [1.807, 2.05) is 6.92 Å². The Kier molecular flexibility index (Phi) is 3.38. The monoisotopic (exact) mass is 233 g/mol. The van der Waals surface area contributed by atoms with Crippen molar-refractivity contribution >= 4 is 5.69 Å². The van der Waals surface area contributed by atoms with E-state index in [1.165, 1.54) is 18.2 Å². The minimum atomic E-state index is -0.283. The highest BCUT2D eigenvalue weighted by Crippen LogP contribution is 2.21. The molecule has 1 unspecified atom stereocenters. The van der Waals surface area contributed by atoms with Gasteiger partial charge in [-0.05, 0) is 37.3 Å². The summed E-state index contributed by atoms with van der Waals surface area (Å²) in [4.78, 5) is 0. The number of anilines is 1. The molecule has 0 bridgehead atoms. The van der Waals surface area contributed by atoms with E-state index < -0.39 is 0 Å². The Morgan fingerprint density at radius 2 is 1.59 bits per heavy atom. The number of nitrogens with one attached hydrogen (secondary N) is 1. The van der Waals surface area contributed by atoms with E-state index in [1.54, 1.807) is 30.3 Å². The Hall–Kier alpha value is -1.90. The van der Waals surface area contributed by atoms with Gasteiger partial charge in [0.25, 0.3) is 0 Å². The molecule has 0 heterocycles.